The van der Waals surface area contributed by atoms with Crippen molar-refractivity contribution in [2.45, 2.75) is 19.0 Å². The monoisotopic (exact) mass is 345 g/mol. The van der Waals surface area contributed by atoms with E-state index >= 15 is 0 Å². The fourth-order valence-electron chi connectivity index (χ4n) is 2.04. The van der Waals surface area contributed by atoms with Gasteiger partial charge in [0.25, 0.3) is 0 Å². The summed E-state index contributed by atoms with van der Waals surface area (Å²) in [4.78, 5) is 0. The van der Waals surface area contributed by atoms with Crippen molar-refractivity contribution in [3.8, 4) is 11.8 Å². The van der Waals surface area contributed by atoms with E-state index < -0.39 is 23.9 Å². The van der Waals surface area contributed by atoms with E-state index in [1.54, 1.807) is 6.07 Å². The molecule has 2 aromatic rings. The lowest BCUT2D eigenvalue weighted by Crippen LogP contribution is -2.17. The Morgan fingerprint density at radius 3 is 2.04 bits per heavy atom. The second-order valence-electron chi connectivity index (χ2n) is 4.85. The third-order valence-electron chi connectivity index (χ3n) is 3.11. The number of nitriles is 1. The third kappa shape index (κ3) is 4.65. The number of alkyl halides is 6. The summed E-state index contributed by atoms with van der Waals surface area (Å²) in [6, 6.07) is 9.33. The Balaban J connectivity index is 2.22. The molecule has 0 aromatic heterocycles. The van der Waals surface area contributed by atoms with Crippen LogP contribution in [-0.4, -0.2) is 6.36 Å². The van der Waals surface area contributed by atoms with E-state index in [9.17, 15) is 26.3 Å². The van der Waals surface area contributed by atoms with E-state index in [0.717, 1.165) is 24.3 Å². The molecule has 2 nitrogen and oxygen atoms in total. The summed E-state index contributed by atoms with van der Waals surface area (Å²) >= 11 is 0. The minimum Gasteiger partial charge on any atom is -0.406 e. The molecule has 0 saturated carbocycles. The molecule has 0 aliphatic carbocycles. The number of benzene rings is 2. The lowest BCUT2D eigenvalue weighted by Gasteiger charge is -2.11. The highest BCUT2D eigenvalue weighted by molar-refractivity contribution is 5.45. The van der Waals surface area contributed by atoms with Crippen LogP contribution in [0.4, 0.5) is 26.3 Å². The molecule has 0 saturated heterocycles. The quantitative estimate of drug-likeness (QED) is 0.728. The van der Waals surface area contributed by atoms with Crippen LogP contribution < -0.4 is 4.74 Å². The molecule has 126 valence electrons. The fraction of sp³-hybridized carbons (Fsp3) is 0.188. The number of halogens is 6. The lowest BCUT2D eigenvalue weighted by molar-refractivity contribution is -0.274. The molecule has 2 aromatic carbocycles. The van der Waals surface area contributed by atoms with Gasteiger partial charge in [-0.1, -0.05) is 18.2 Å². The number of hydrogen-bond acceptors (Lipinski definition) is 2. The first-order chi connectivity index (χ1) is 11.1. The number of ether oxygens (including phenoxy) is 1. The maximum Gasteiger partial charge on any atom is 0.573 e. The van der Waals surface area contributed by atoms with E-state index in [2.05, 4.69) is 4.74 Å². The van der Waals surface area contributed by atoms with Crippen LogP contribution >= 0.6 is 0 Å². The Hall–Kier alpha value is -2.69. The van der Waals surface area contributed by atoms with Gasteiger partial charge in [0.1, 0.15) is 5.75 Å². The van der Waals surface area contributed by atoms with Crippen molar-refractivity contribution < 1.29 is 31.1 Å². The molecule has 0 aliphatic heterocycles. The van der Waals surface area contributed by atoms with Crippen LogP contribution in [0.1, 0.15) is 22.3 Å². The molecular weight excluding hydrogens is 336 g/mol. The summed E-state index contributed by atoms with van der Waals surface area (Å²) in [5.41, 5.74) is 0.0214. The van der Waals surface area contributed by atoms with E-state index in [4.69, 9.17) is 5.26 Å². The molecule has 0 aliphatic rings. The van der Waals surface area contributed by atoms with Crippen molar-refractivity contribution in [2.24, 2.45) is 0 Å². The Labute approximate surface area is 132 Å². The molecule has 0 fully saturated rings. The first kappa shape index (κ1) is 17.7. The van der Waals surface area contributed by atoms with E-state index in [0.29, 0.717) is 11.1 Å². The molecule has 0 N–H and O–H groups in total. The molecule has 0 spiro atoms. The Bertz CT molecular complexity index is 756. The molecule has 0 bridgehead atoms. The summed E-state index contributed by atoms with van der Waals surface area (Å²) < 4.78 is 77.7. The minimum absolute atomic E-state index is 0.0448. The van der Waals surface area contributed by atoms with Crippen LogP contribution in [0.5, 0.6) is 5.75 Å². The molecule has 8 heteroatoms. The van der Waals surface area contributed by atoms with E-state index in [1.807, 2.05) is 0 Å². The largest absolute Gasteiger partial charge is 0.573 e. The predicted octanol–water partition coefficient (Wildman–Crippen LogP) is 5.07. The van der Waals surface area contributed by atoms with E-state index in [-0.39, 0.29) is 12.0 Å². The van der Waals surface area contributed by atoms with Crippen molar-refractivity contribution in [2.75, 3.05) is 0 Å². The maximum atomic E-state index is 12.5. The van der Waals surface area contributed by atoms with Crippen molar-refractivity contribution in [3.63, 3.8) is 0 Å². The van der Waals surface area contributed by atoms with Crippen molar-refractivity contribution in [1.29, 1.82) is 5.26 Å². The minimum atomic E-state index is -4.87. The van der Waals surface area contributed by atoms with Crippen molar-refractivity contribution >= 4 is 0 Å². The lowest BCUT2D eigenvalue weighted by atomic mass is 9.99. The molecule has 2 rings (SSSR count). The first-order valence-electron chi connectivity index (χ1n) is 6.53. The summed E-state index contributed by atoms with van der Waals surface area (Å²) in [6.07, 6.45) is -9.22. The van der Waals surface area contributed by atoms with Gasteiger partial charge in [-0.2, -0.15) is 18.4 Å². The molecule has 0 radical (unpaired) electrons. The Kier molecular flexibility index (Phi) is 4.73. The Morgan fingerprint density at radius 1 is 0.917 bits per heavy atom. The van der Waals surface area contributed by atoms with Crippen LogP contribution in [0, 0.1) is 11.3 Å². The zero-order valence-electron chi connectivity index (χ0n) is 11.9. The summed E-state index contributed by atoms with van der Waals surface area (Å²) in [5.74, 6) is -0.532. The van der Waals surface area contributed by atoms with Crippen LogP contribution in [0.15, 0.2) is 42.5 Å². The highest BCUT2D eigenvalue weighted by atomic mass is 19.4. The maximum absolute atomic E-state index is 12.5. The molecule has 0 unspecified atom stereocenters. The molecule has 0 atom stereocenters. The van der Waals surface area contributed by atoms with E-state index in [1.165, 1.54) is 18.2 Å². The average Bonchev–Trinajstić information content (AvgIpc) is 2.47. The van der Waals surface area contributed by atoms with Crippen molar-refractivity contribution in [1.82, 2.24) is 0 Å². The van der Waals surface area contributed by atoms with Crippen LogP contribution in [0.3, 0.4) is 0 Å². The molecular formula is C16H9F6NO. The van der Waals surface area contributed by atoms with Gasteiger partial charge in [0, 0.05) is 0 Å². The second-order valence-corrected chi connectivity index (χ2v) is 4.85. The standard InChI is InChI=1S/C16H9F6NO/c17-15(18,19)13-4-1-10(2-5-13)7-11-3-6-14(8-12(11)9-23)24-16(20,21)22/h1-6,8H,7H2. The number of rotatable bonds is 3. The predicted molar refractivity (Wildman–Crippen MR) is 72.1 cm³/mol. The van der Waals surface area contributed by atoms with Gasteiger partial charge in [0.15, 0.2) is 0 Å². The zero-order chi connectivity index (χ0) is 18.0. The van der Waals surface area contributed by atoms with Gasteiger partial charge in [0.2, 0.25) is 0 Å². The smallest absolute Gasteiger partial charge is 0.406 e. The fourth-order valence-corrected chi connectivity index (χ4v) is 2.04. The third-order valence-corrected chi connectivity index (χ3v) is 3.11. The first-order valence-corrected chi connectivity index (χ1v) is 6.53. The molecule has 0 amide bonds. The summed E-state index contributed by atoms with van der Waals surface area (Å²) in [5, 5.41) is 9.03. The SMILES string of the molecule is N#Cc1cc(OC(F)(F)F)ccc1Cc1ccc(C(F)(F)F)cc1. The van der Waals surface area contributed by atoms with Gasteiger partial charge in [-0.3, -0.25) is 0 Å². The molecule has 0 heterocycles. The summed E-state index contributed by atoms with van der Waals surface area (Å²) in [6.45, 7) is 0. The van der Waals surface area contributed by atoms with Crippen LogP contribution in [-0.2, 0) is 12.6 Å². The number of nitrogens with zero attached hydrogens (tertiary/aromatic N) is 1. The van der Waals surface area contributed by atoms with Gasteiger partial charge in [-0.05, 0) is 41.8 Å². The van der Waals surface area contributed by atoms with Gasteiger partial charge >= 0.3 is 12.5 Å². The topological polar surface area (TPSA) is 33.0 Å². The van der Waals surface area contributed by atoms with Gasteiger partial charge in [-0.15, -0.1) is 13.2 Å². The highest BCUT2D eigenvalue weighted by Crippen LogP contribution is 2.30. The van der Waals surface area contributed by atoms with Crippen molar-refractivity contribution in [3.05, 3.63) is 64.7 Å². The van der Waals surface area contributed by atoms with Crippen LogP contribution in [0.25, 0.3) is 0 Å². The zero-order valence-corrected chi connectivity index (χ0v) is 11.9. The number of hydrogen-bond donors (Lipinski definition) is 0. The second kappa shape index (κ2) is 6.43. The average molecular weight is 345 g/mol. The van der Waals surface area contributed by atoms with Gasteiger partial charge in [-0.25, -0.2) is 0 Å². The molecule has 24 heavy (non-hydrogen) atoms. The van der Waals surface area contributed by atoms with Crippen LogP contribution in [0.2, 0.25) is 0 Å². The Morgan fingerprint density at radius 2 is 1.54 bits per heavy atom. The normalized spacial score (nSPS) is 11.9. The highest BCUT2D eigenvalue weighted by Gasteiger charge is 2.31. The van der Waals surface area contributed by atoms with Gasteiger partial charge in [0.05, 0.1) is 17.2 Å². The summed E-state index contributed by atoms with van der Waals surface area (Å²) in [7, 11) is 0. The van der Waals surface area contributed by atoms with Gasteiger partial charge < -0.3 is 4.74 Å².